The summed E-state index contributed by atoms with van der Waals surface area (Å²) in [6.07, 6.45) is 9.79. The van der Waals surface area contributed by atoms with Gasteiger partial charge in [0.1, 0.15) is 0 Å². The molecule has 20 heavy (non-hydrogen) atoms. The number of hydrogen-bond acceptors (Lipinski definition) is 2. The minimum atomic E-state index is -0.784. The van der Waals surface area contributed by atoms with Crippen LogP contribution < -0.4 is 5.32 Å². The maximum atomic E-state index is 12.3. The van der Waals surface area contributed by atoms with Crippen LogP contribution in [0.4, 0.5) is 4.79 Å². The summed E-state index contributed by atoms with van der Waals surface area (Å²) in [6, 6.07) is 0.203. The van der Waals surface area contributed by atoms with Crippen LogP contribution in [0.25, 0.3) is 0 Å². The van der Waals surface area contributed by atoms with E-state index in [1.807, 2.05) is 0 Å². The number of nitrogens with one attached hydrogen (secondary N) is 1. The Morgan fingerprint density at radius 3 is 2.25 bits per heavy atom. The monoisotopic (exact) mass is 282 g/mol. The molecule has 114 valence electrons. The number of aliphatic carboxylic acids is 1. The van der Waals surface area contributed by atoms with E-state index in [0.29, 0.717) is 19.5 Å². The number of amides is 2. The van der Waals surface area contributed by atoms with Gasteiger partial charge in [0.15, 0.2) is 0 Å². The number of hydrogen-bond donors (Lipinski definition) is 2. The lowest BCUT2D eigenvalue weighted by molar-refractivity contribution is -0.143. The molecule has 1 aliphatic heterocycles. The SMILES string of the molecule is O=C(O)[C@@H]1CCCN(C(=O)NC2CCCCCCC2)C1. The van der Waals surface area contributed by atoms with E-state index in [4.69, 9.17) is 5.11 Å². The van der Waals surface area contributed by atoms with Crippen LogP contribution in [0.1, 0.15) is 57.8 Å². The summed E-state index contributed by atoms with van der Waals surface area (Å²) in [6.45, 7) is 1.04. The van der Waals surface area contributed by atoms with E-state index in [9.17, 15) is 9.59 Å². The zero-order valence-electron chi connectivity index (χ0n) is 12.1. The Hall–Kier alpha value is -1.26. The second kappa shape index (κ2) is 7.50. The van der Waals surface area contributed by atoms with Crippen molar-refractivity contribution in [2.24, 2.45) is 5.92 Å². The minimum Gasteiger partial charge on any atom is -0.481 e. The van der Waals surface area contributed by atoms with Gasteiger partial charge in [-0.25, -0.2) is 4.79 Å². The van der Waals surface area contributed by atoms with Crippen molar-refractivity contribution in [3.63, 3.8) is 0 Å². The first kappa shape index (κ1) is 15.1. The van der Waals surface area contributed by atoms with Crippen molar-refractivity contribution in [2.75, 3.05) is 13.1 Å². The molecule has 0 aromatic heterocycles. The molecule has 0 aromatic rings. The lowest BCUT2D eigenvalue weighted by Crippen LogP contribution is -2.49. The third-order valence-corrected chi connectivity index (χ3v) is 4.49. The van der Waals surface area contributed by atoms with Crippen molar-refractivity contribution >= 4 is 12.0 Å². The topological polar surface area (TPSA) is 69.6 Å². The molecular formula is C15H26N2O3. The summed E-state index contributed by atoms with van der Waals surface area (Å²) < 4.78 is 0. The average molecular weight is 282 g/mol. The fourth-order valence-corrected chi connectivity index (χ4v) is 3.23. The lowest BCUT2D eigenvalue weighted by Gasteiger charge is -2.32. The molecule has 0 unspecified atom stereocenters. The maximum absolute atomic E-state index is 12.3. The predicted molar refractivity (Wildman–Crippen MR) is 76.6 cm³/mol. The van der Waals surface area contributed by atoms with E-state index in [1.54, 1.807) is 4.90 Å². The van der Waals surface area contributed by atoms with Crippen molar-refractivity contribution in [2.45, 2.75) is 63.8 Å². The van der Waals surface area contributed by atoms with Crippen LogP contribution in [0.3, 0.4) is 0 Å². The zero-order chi connectivity index (χ0) is 14.4. The number of carboxylic acids is 1. The molecule has 2 rings (SSSR count). The van der Waals surface area contributed by atoms with Crippen LogP contribution in [0.15, 0.2) is 0 Å². The van der Waals surface area contributed by atoms with E-state index in [0.717, 1.165) is 19.3 Å². The third-order valence-electron chi connectivity index (χ3n) is 4.49. The van der Waals surface area contributed by atoms with E-state index < -0.39 is 11.9 Å². The molecule has 2 fully saturated rings. The van der Waals surface area contributed by atoms with Crippen LogP contribution in [-0.2, 0) is 4.79 Å². The van der Waals surface area contributed by atoms with Gasteiger partial charge >= 0.3 is 12.0 Å². The summed E-state index contributed by atoms with van der Waals surface area (Å²) in [5, 5.41) is 12.2. The van der Waals surface area contributed by atoms with Gasteiger partial charge in [-0.1, -0.05) is 32.1 Å². The first-order valence-electron chi connectivity index (χ1n) is 7.95. The number of piperidine rings is 1. The van der Waals surface area contributed by atoms with Crippen LogP contribution in [0.5, 0.6) is 0 Å². The smallest absolute Gasteiger partial charge is 0.317 e. The van der Waals surface area contributed by atoms with Crippen molar-refractivity contribution in [1.82, 2.24) is 10.2 Å². The molecule has 1 heterocycles. The molecular weight excluding hydrogens is 256 g/mol. The number of nitrogens with zero attached hydrogens (tertiary/aromatic N) is 1. The fraction of sp³-hybridized carbons (Fsp3) is 0.867. The zero-order valence-corrected chi connectivity index (χ0v) is 12.1. The molecule has 0 bridgehead atoms. The maximum Gasteiger partial charge on any atom is 0.317 e. The van der Waals surface area contributed by atoms with E-state index in [2.05, 4.69) is 5.32 Å². The Bertz CT molecular complexity index is 338. The molecule has 1 saturated carbocycles. The molecule has 1 atom stereocenters. The Balaban J connectivity index is 1.82. The number of rotatable bonds is 2. The quantitative estimate of drug-likeness (QED) is 0.818. The van der Waals surface area contributed by atoms with E-state index in [-0.39, 0.29) is 12.1 Å². The first-order valence-corrected chi connectivity index (χ1v) is 7.95. The normalized spacial score (nSPS) is 25.6. The van der Waals surface area contributed by atoms with Crippen LogP contribution in [0.2, 0.25) is 0 Å². The Morgan fingerprint density at radius 2 is 1.60 bits per heavy atom. The van der Waals surface area contributed by atoms with Gasteiger partial charge in [-0.15, -0.1) is 0 Å². The van der Waals surface area contributed by atoms with Gasteiger partial charge in [0, 0.05) is 19.1 Å². The van der Waals surface area contributed by atoms with Gasteiger partial charge < -0.3 is 15.3 Å². The Kier molecular flexibility index (Phi) is 5.68. The fourth-order valence-electron chi connectivity index (χ4n) is 3.23. The number of carbonyl (C=O) groups is 2. The van der Waals surface area contributed by atoms with Crippen molar-refractivity contribution in [3.8, 4) is 0 Å². The third kappa shape index (κ3) is 4.39. The van der Waals surface area contributed by atoms with Crippen molar-refractivity contribution < 1.29 is 14.7 Å². The Labute approximate surface area is 120 Å². The van der Waals surface area contributed by atoms with Gasteiger partial charge in [0.05, 0.1) is 5.92 Å². The molecule has 2 aliphatic rings. The molecule has 5 heteroatoms. The number of likely N-dealkylation sites (tertiary alicyclic amines) is 1. The molecule has 1 aliphatic carbocycles. The highest BCUT2D eigenvalue weighted by Gasteiger charge is 2.28. The number of carbonyl (C=O) groups excluding carboxylic acids is 1. The highest BCUT2D eigenvalue weighted by Crippen LogP contribution is 2.19. The molecule has 1 saturated heterocycles. The van der Waals surface area contributed by atoms with Crippen LogP contribution in [-0.4, -0.2) is 41.1 Å². The van der Waals surface area contributed by atoms with Crippen molar-refractivity contribution in [3.05, 3.63) is 0 Å². The number of carboxylic acid groups (broad SMARTS) is 1. The van der Waals surface area contributed by atoms with Gasteiger partial charge in [-0.3, -0.25) is 4.79 Å². The van der Waals surface area contributed by atoms with Crippen molar-refractivity contribution in [1.29, 1.82) is 0 Å². The average Bonchev–Trinajstić information content (AvgIpc) is 2.41. The lowest BCUT2D eigenvalue weighted by atomic mass is 9.96. The van der Waals surface area contributed by atoms with Gasteiger partial charge in [0.25, 0.3) is 0 Å². The molecule has 0 spiro atoms. The minimum absolute atomic E-state index is 0.0680. The number of urea groups is 1. The van der Waals surface area contributed by atoms with Gasteiger partial charge in [-0.05, 0) is 25.7 Å². The summed E-state index contributed by atoms with van der Waals surface area (Å²) in [7, 11) is 0. The van der Waals surface area contributed by atoms with Crippen LogP contribution >= 0.6 is 0 Å². The Morgan fingerprint density at radius 1 is 0.950 bits per heavy atom. The standard InChI is InChI=1S/C15H26N2O3/c18-14(19)12-7-6-10-17(11-12)15(20)16-13-8-4-2-1-3-5-9-13/h12-13H,1-11H2,(H,16,20)(H,18,19)/t12-/m1/s1. The van der Waals surface area contributed by atoms with E-state index in [1.165, 1.54) is 32.1 Å². The van der Waals surface area contributed by atoms with Crippen LogP contribution in [0, 0.1) is 5.92 Å². The summed E-state index contributed by atoms with van der Waals surface area (Å²) >= 11 is 0. The summed E-state index contributed by atoms with van der Waals surface area (Å²) in [5.74, 6) is -1.18. The summed E-state index contributed by atoms with van der Waals surface area (Å²) in [5.41, 5.74) is 0. The molecule has 5 nitrogen and oxygen atoms in total. The first-order chi connectivity index (χ1) is 9.66. The molecule has 0 radical (unpaired) electrons. The van der Waals surface area contributed by atoms with Gasteiger partial charge in [0.2, 0.25) is 0 Å². The second-order valence-electron chi connectivity index (χ2n) is 6.11. The summed E-state index contributed by atoms with van der Waals surface area (Å²) in [4.78, 5) is 25.0. The molecule has 2 amide bonds. The molecule has 2 N–H and O–H groups in total. The highest BCUT2D eigenvalue weighted by atomic mass is 16.4. The molecule has 0 aromatic carbocycles. The predicted octanol–water partition coefficient (Wildman–Crippen LogP) is 2.61. The van der Waals surface area contributed by atoms with E-state index >= 15 is 0 Å². The van der Waals surface area contributed by atoms with Gasteiger partial charge in [-0.2, -0.15) is 0 Å². The highest BCUT2D eigenvalue weighted by molar-refractivity contribution is 5.76. The second-order valence-corrected chi connectivity index (χ2v) is 6.11. The largest absolute Gasteiger partial charge is 0.481 e.